The molecule has 0 unspecified atom stereocenters. The molecular weight excluding hydrogens is 516 g/mol. The zero-order valence-corrected chi connectivity index (χ0v) is 21.0. The summed E-state index contributed by atoms with van der Waals surface area (Å²) in [5, 5.41) is 5.81. The summed E-state index contributed by atoms with van der Waals surface area (Å²) in [4.78, 5) is 20.2. The second-order valence-electron chi connectivity index (χ2n) is 7.84. The third kappa shape index (κ3) is 8.87. The lowest BCUT2D eigenvalue weighted by molar-refractivity contribution is -0.137. The van der Waals surface area contributed by atoms with Crippen LogP contribution in [-0.4, -0.2) is 49.8 Å². The van der Waals surface area contributed by atoms with Crippen molar-refractivity contribution in [1.29, 1.82) is 0 Å². The number of hydrogen-bond donors (Lipinski definition) is 2. The van der Waals surface area contributed by atoms with Gasteiger partial charge >= 0.3 is 12.2 Å². The highest BCUT2D eigenvalue weighted by molar-refractivity contribution is 5.85. The Kier molecular flexibility index (Phi) is 11.1. The van der Waals surface area contributed by atoms with Gasteiger partial charge in [-0.05, 0) is 42.2 Å². The molecule has 200 valence electrons. The summed E-state index contributed by atoms with van der Waals surface area (Å²) in [7, 11) is 2.88. The van der Waals surface area contributed by atoms with E-state index in [-0.39, 0.29) is 49.5 Å². The Morgan fingerprint density at radius 2 is 1.78 bits per heavy atom. The third-order valence-corrected chi connectivity index (χ3v) is 5.20. The Labute approximate surface area is 218 Å². The zero-order chi connectivity index (χ0) is 26.1. The van der Waals surface area contributed by atoms with Gasteiger partial charge in [0.2, 0.25) is 5.91 Å². The quantitative estimate of drug-likeness (QED) is 0.342. The number of anilines is 1. The van der Waals surface area contributed by atoms with Crippen molar-refractivity contribution in [2.24, 2.45) is 0 Å². The summed E-state index contributed by atoms with van der Waals surface area (Å²) in [6.45, 7) is 0.678. The van der Waals surface area contributed by atoms with E-state index in [1.165, 1.54) is 14.2 Å². The van der Waals surface area contributed by atoms with E-state index in [2.05, 4.69) is 20.6 Å². The highest BCUT2D eigenvalue weighted by Crippen LogP contribution is 2.30. The number of ether oxygens (including phenoxy) is 2. The minimum absolute atomic E-state index is 0. The molecule has 0 aliphatic carbocycles. The number of hydrogen-bond acceptors (Lipinski definition) is 6. The molecule has 7 nitrogen and oxygen atoms in total. The Balaban J connectivity index is 0.00000481. The summed E-state index contributed by atoms with van der Waals surface area (Å²) in [5.41, 5.74) is 1.49. The van der Waals surface area contributed by atoms with Crippen molar-refractivity contribution in [3.05, 3.63) is 71.0 Å². The number of aromatic nitrogens is 2. The summed E-state index contributed by atoms with van der Waals surface area (Å²) in [5.74, 6) is -0.690. The molecular formula is C25H27ClF4N4O3. The molecule has 1 aromatic heterocycles. The van der Waals surface area contributed by atoms with Crippen molar-refractivity contribution in [2.75, 3.05) is 39.2 Å². The average molecular weight is 543 g/mol. The van der Waals surface area contributed by atoms with Gasteiger partial charge in [-0.3, -0.25) is 4.79 Å². The first-order valence-electron chi connectivity index (χ1n) is 11.1. The maximum Gasteiger partial charge on any atom is 0.416 e. The monoisotopic (exact) mass is 542 g/mol. The van der Waals surface area contributed by atoms with Gasteiger partial charge < -0.3 is 20.1 Å². The molecule has 0 aliphatic rings. The molecule has 2 N–H and O–H groups in total. The molecule has 2 aromatic carbocycles. The summed E-state index contributed by atoms with van der Waals surface area (Å²) >= 11 is 0. The molecule has 0 radical (unpaired) electrons. The molecule has 12 heteroatoms. The molecule has 0 bridgehead atoms. The first kappa shape index (κ1) is 29.8. The SMILES string of the molecule is COCC(=O)NCCc1cccc(-c2cc(NCCc3ccc(C(F)(F)F)cc3F)nc(OC)n2)c1.Cl. The number of benzene rings is 2. The second kappa shape index (κ2) is 13.8. The molecule has 0 spiro atoms. The molecule has 1 amide bonds. The molecule has 1 heterocycles. The topological polar surface area (TPSA) is 85.4 Å². The van der Waals surface area contributed by atoms with Crippen LogP contribution in [0.25, 0.3) is 11.3 Å². The summed E-state index contributed by atoms with van der Waals surface area (Å²) in [6.07, 6.45) is -3.84. The highest BCUT2D eigenvalue weighted by atomic mass is 35.5. The molecule has 37 heavy (non-hydrogen) atoms. The molecule has 0 atom stereocenters. The number of methoxy groups -OCH3 is 2. The van der Waals surface area contributed by atoms with E-state index in [0.717, 1.165) is 23.3 Å². The van der Waals surface area contributed by atoms with Gasteiger partial charge in [0.1, 0.15) is 18.2 Å². The lowest BCUT2D eigenvalue weighted by Crippen LogP contribution is -2.28. The summed E-state index contributed by atoms with van der Waals surface area (Å²) < 4.78 is 62.3. The number of nitrogens with one attached hydrogen (secondary N) is 2. The molecule has 0 saturated carbocycles. The fraction of sp³-hybridized carbons (Fsp3) is 0.320. The van der Waals surface area contributed by atoms with E-state index >= 15 is 0 Å². The normalized spacial score (nSPS) is 11.0. The zero-order valence-electron chi connectivity index (χ0n) is 20.2. The van der Waals surface area contributed by atoms with Crippen molar-refractivity contribution < 1.29 is 31.8 Å². The van der Waals surface area contributed by atoms with Crippen LogP contribution < -0.4 is 15.4 Å². The van der Waals surface area contributed by atoms with Gasteiger partial charge in [-0.25, -0.2) is 4.39 Å². The number of amides is 1. The van der Waals surface area contributed by atoms with Gasteiger partial charge in [0.25, 0.3) is 0 Å². The van der Waals surface area contributed by atoms with Crippen molar-refractivity contribution in [3.63, 3.8) is 0 Å². The van der Waals surface area contributed by atoms with Crippen molar-refractivity contribution in [1.82, 2.24) is 15.3 Å². The summed E-state index contributed by atoms with van der Waals surface area (Å²) in [6, 6.07) is 11.9. The predicted octanol–water partition coefficient (Wildman–Crippen LogP) is 4.69. The van der Waals surface area contributed by atoms with E-state index in [4.69, 9.17) is 9.47 Å². The number of halogens is 5. The van der Waals surface area contributed by atoms with E-state index in [1.807, 2.05) is 24.3 Å². The predicted molar refractivity (Wildman–Crippen MR) is 133 cm³/mol. The van der Waals surface area contributed by atoms with Crippen LogP contribution in [0.2, 0.25) is 0 Å². The Morgan fingerprint density at radius 1 is 1.00 bits per heavy atom. The van der Waals surface area contributed by atoms with Crippen LogP contribution in [0.5, 0.6) is 6.01 Å². The van der Waals surface area contributed by atoms with Gasteiger partial charge in [0.15, 0.2) is 0 Å². The van der Waals surface area contributed by atoms with Crippen LogP contribution >= 0.6 is 12.4 Å². The van der Waals surface area contributed by atoms with Crippen LogP contribution in [0.3, 0.4) is 0 Å². The van der Waals surface area contributed by atoms with Gasteiger partial charge in [0.05, 0.1) is 18.4 Å². The number of alkyl halides is 3. The van der Waals surface area contributed by atoms with Crippen molar-refractivity contribution in [2.45, 2.75) is 19.0 Å². The Hall–Kier alpha value is -3.44. The molecule has 3 aromatic rings. The third-order valence-electron chi connectivity index (χ3n) is 5.20. The van der Waals surface area contributed by atoms with Crippen LogP contribution in [0.1, 0.15) is 16.7 Å². The van der Waals surface area contributed by atoms with E-state index < -0.39 is 17.6 Å². The van der Waals surface area contributed by atoms with Crippen LogP contribution in [-0.2, 0) is 28.5 Å². The van der Waals surface area contributed by atoms with Crippen LogP contribution in [0.4, 0.5) is 23.4 Å². The maximum absolute atomic E-state index is 14.1. The molecule has 0 saturated heterocycles. The van der Waals surface area contributed by atoms with E-state index in [0.29, 0.717) is 30.5 Å². The van der Waals surface area contributed by atoms with Gasteiger partial charge in [-0.2, -0.15) is 23.1 Å². The van der Waals surface area contributed by atoms with Gasteiger partial charge in [-0.15, -0.1) is 12.4 Å². The number of nitrogens with zero attached hydrogens (tertiary/aromatic N) is 2. The Bertz CT molecular complexity index is 1190. The molecule has 0 aliphatic heterocycles. The number of carbonyl (C=O) groups is 1. The average Bonchev–Trinajstić information content (AvgIpc) is 2.84. The van der Waals surface area contributed by atoms with Gasteiger partial charge in [-0.1, -0.05) is 24.3 Å². The largest absolute Gasteiger partial charge is 0.467 e. The lowest BCUT2D eigenvalue weighted by Gasteiger charge is -2.12. The Morgan fingerprint density at radius 3 is 2.46 bits per heavy atom. The van der Waals surface area contributed by atoms with Gasteiger partial charge in [0, 0.05) is 31.8 Å². The maximum atomic E-state index is 14.1. The van der Waals surface area contributed by atoms with Crippen LogP contribution in [0.15, 0.2) is 48.5 Å². The lowest BCUT2D eigenvalue weighted by atomic mass is 10.1. The number of carbonyl (C=O) groups excluding carboxylic acids is 1. The standard InChI is InChI=1S/C25H26F4N4O3.ClH/c1-35-15-23(34)31-10-8-16-4-3-5-18(12-16)21-14-22(33-24(32-21)36-2)30-11-9-17-6-7-19(13-20(17)26)25(27,28)29;/h3-7,12-14H,8-11,15H2,1-2H3,(H,31,34)(H,30,32,33);1H. The van der Waals surface area contributed by atoms with Crippen molar-refractivity contribution in [3.8, 4) is 17.3 Å². The van der Waals surface area contributed by atoms with E-state index in [9.17, 15) is 22.4 Å². The minimum Gasteiger partial charge on any atom is -0.467 e. The smallest absolute Gasteiger partial charge is 0.416 e. The highest BCUT2D eigenvalue weighted by Gasteiger charge is 2.31. The molecule has 0 fully saturated rings. The number of rotatable bonds is 11. The van der Waals surface area contributed by atoms with E-state index in [1.54, 1.807) is 6.07 Å². The second-order valence-corrected chi connectivity index (χ2v) is 7.84. The fourth-order valence-corrected chi connectivity index (χ4v) is 3.42. The first-order chi connectivity index (χ1) is 17.2. The molecule has 3 rings (SSSR count). The van der Waals surface area contributed by atoms with Crippen molar-refractivity contribution >= 4 is 24.1 Å². The van der Waals surface area contributed by atoms with Crippen LogP contribution in [0, 0.1) is 5.82 Å². The first-order valence-corrected chi connectivity index (χ1v) is 11.1. The minimum atomic E-state index is -4.60. The fourth-order valence-electron chi connectivity index (χ4n) is 3.42.